The molecule has 2 aliphatic rings. The van der Waals surface area contributed by atoms with Gasteiger partial charge in [0.25, 0.3) is 5.78 Å². The molecule has 2 aliphatic heterocycles. The molecule has 6 N–H and O–H groups in total. The van der Waals surface area contributed by atoms with Gasteiger partial charge in [-0.1, -0.05) is 96.5 Å². The number of aliphatic carboxylic acids is 3. The number of hydrazine groups is 1. The summed E-state index contributed by atoms with van der Waals surface area (Å²) < 4.78 is 0. The smallest absolute Gasteiger partial charge is 0.376 e. The van der Waals surface area contributed by atoms with Crippen molar-refractivity contribution in [2.45, 2.75) is 52.1 Å². The minimum atomic E-state index is -1.41. The van der Waals surface area contributed by atoms with E-state index in [9.17, 15) is 29.4 Å². The number of carbonyl (C=O) groups excluding carboxylic acids is 1. The van der Waals surface area contributed by atoms with Crippen LogP contribution in [0.4, 0.5) is 17.1 Å². The van der Waals surface area contributed by atoms with Crippen molar-refractivity contribution in [1.82, 2.24) is 0 Å². The van der Waals surface area contributed by atoms with Crippen LogP contribution in [0.1, 0.15) is 68.8 Å². The van der Waals surface area contributed by atoms with Crippen molar-refractivity contribution < 1.29 is 97.7 Å². The molecule has 13 nitrogen and oxygen atoms in total. The Morgan fingerprint density at radius 3 is 1.26 bits per heavy atom. The summed E-state index contributed by atoms with van der Waals surface area (Å²) >= 11 is 35.9. The number of hydrogen-bond donors (Lipinski definition) is 5. The zero-order chi connectivity index (χ0) is 53.4. The maximum Gasteiger partial charge on any atom is 0.376 e. The van der Waals surface area contributed by atoms with Gasteiger partial charge in [-0.15, -0.1) is 29.1 Å². The second-order valence-corrected chi connectivity index (χ2v) is 18.3. The van der Waals surface area contributed by atoms with Crippen molar-refractivity contribution >= 4 is 140 Å². The van der Waals surface area contributed by atoms with E-state index in [0.717, 1.165) is 16.7 Å². The Bertz CT molecular complexity index is 2870. The second-order valence-electron chi connectivity index (χ2n) is 15.8. The largest absolute Gasteiger partial charge is 0.477 e. The molecule has 406 valence electrons. The van der Waals surface area contributed by atoms with Gasteiger partial charge >= 0.3 is 17.9 Å². The number of carboxylic acids is 3. The first kappa shape index (κ1) is 70.9. The third kappa shape index (κ3) is 19.3. The Labute approximate surface area is 526 Å². The Balaban J connectivity index is 0.000000528. The molecule has 8 rings (SSSR count). The van der Waals surface area contributed by atoms with Crippen LogP contribution in [-0.4, -0.2) is 50.4 Å². The molecule has 0 fully saturated rings. The summed E-state index contributed by atoms with van der Waals surface area (Å²) in [5, 5.41) is 42.8. The number of anilines is 3. The van der Waals surface area contributed by atoms with Gasteiger partial charge in [0, 0.05) is 95.7 Å². The van der Waals surface area contributed by atoms with Gasteiger partial charge in [0.2, 0.25) is 0 Å². The van der Waals surface area contributed by atoms with E-state index in [1.54, 1.807) is 102 Å². The van der Waals surface area contributed by atoms with Gasteiger partial charge in [0.1, 0.15) is 0 Å². The molecule has 4 atom stereocenters. The minimum Gasteiger partial charge on any atom is -0.477 e. The minimum absolute atomic E-state index is 0. The third-order valence-electron chi connectivity index (χ3n) is 11.3. The monoisotopic (exact) mass is 1690 g/mol. The fraction of sp³-hybridized carbons (Fsp3) is 0.185. The topological polar surface area (TPSA) is 198 Å². The number of hydrogen-bond acceptors (Lipinski definition) is 10. The predicted molar refractivity (Wildman–Crippen MR) is 299 cm³/mol. The van der Waals surface area contributed by atoms with Crippen molar-refractivity contribution in [3.63, 3.8) is 0 Å². The number of carbonyl (C=O) groups is 4. The van der Waals surface area contributed by atoms with Crippen molar-refractivity contribution in [2.75, 3.05) is 15.4 Å². The van der Waals surface area contributed by atoms with Crippen LogP contribution in [0.25, 0.3) is 6.08 Å². The number of Topliss-reactive ketones (excluding diaryl/α,β-unsaturated/α-hetero) is 1. The first-order valence-corrected chi connectivity index (χ1v) is 24.6. The zero-order valence-electron chi connectivity index (χ0n) is 40.9. The predicted octanol–water partition coefficient (Wildman–Crippen LogP) is 14.3. The van der Waals surface area contributed by atoms with E-state index >= 15 is 0 Å². The normalized spacial score (nSPS) is 15.9. The molecule has 0 aliphatic carbocycles. The molecular formula is C54H48Cl7N6O7W3-3. The van der Waals surface area contributed by atoms with Gasteiger partial charge in [-0.25, -0.2) is 14.4 Å². The molecule has 0 radical (unpaired) electrons. The Morgan fingerprint density at radius 1 is 0.584 bits per heavy atom. The van der Waals surface area contributed by atoms with Gasteiger partial charge in [-0.05, 0) is 73.9 Å². The number of nitrogens with zero attached hydrogens (tertiary/aromatic N) is 4. The number of nitrogens with one attached hydrogen (secondary N) is 1. The van der Waals surface area contributed by atoms with E-state index in [0.29, 0.717) is 72.0 Å². The first-order chi connectivity index (χ1) is 34.9. The Hall–Kier alpha value is -4.07. The van der Waals surface area contributed by atoms with Crippen LogP contribution in [0.5, 0.6) is 0 Å². The van der Waals surface area contributed by atoms with Crippen LogP contribution in [-0.2, 0) is 82.4 Å². The van der Waals surface area contributed by atoms with E-state index in [2.05, 4.69) is 33.8 Å². The van der Waals surface area contributed by atoms with Gasteiger partial charge in [0.15, 0.2) is 11.4 Å². The molecule has 0 aromatic heterocycles. The molecule has 6 aromatic rings. The van der Waals surface area contributed by atoms with E-state index in [-0.39, 0.29) is 111 Å². The molecule has 23 heteroatoms. The quantitative estimate of drug-likeness (QED) is 0.0242. The summed E-state index contributed by atoms with van der Waals surface area (Å²) in [5.74, 6) is 0.367. The van der Waals surface area contributed by atoms with Crippen molar-refractivity contribution in [3.05, 3.63) is 198 Å². The van der Waals surface area contributed by atoms with Crippen molar-refractivity contribution in [3.8, 4) is 0 Å². The summed E-state index contributed by atoms with van der Waals surface area (Å²) in [6.45, 7) is 5.66. The molecule has 77 heavy (non-hydrogen) atoms. The molecule has 0 spiro atoms. The van der Waals surface area contributed by atoms with Crippen molar-refractivity contribution in [2.24, 2.45) is 27.9 Å². The number of benzene rings is 6. The summed E-state index contributed by atoms with van der Waals surface area (Å²) in [7, 11) is 0. The standard InChI is InChI=1S/2C18H15Cl2N2O2.C12H11O3.C6H6Cl2N2.ClH.3W/c2*1-2-13-16(18(23)24)21-22(15-9-8-12(19)10-14(15)20)17(13)11-6-4-3-5-7-11;1-2-10(11(13)12(14)15)8-9-6-4-3-5-7-9;7-4-1-2-6(10-9)5(8)3-4;;;;/h2*4-10,13,17H,2H2,1H3,(H,23,24);4-8H,2H2,1H3,(H,14,15);1-3,10H,9H2;1H;;;/q3*-1;;;;;/b;;10-8+;;;;;. The van der Waals surface area contributed by atoms with Gasteiger partial charge in [0.05, 0.1) is 44.2 Å². The molecular weight excluding hydrogens is 1640 g/mol. The maximum atomic E-state index is 11.6. The number of nitrogens with two attached hydrogens (primary N) is 1. The number of hydrazone groups is 2. The summed E-state index contributed by atoms with van der Waals surface area (Å²) in [6, 6.07) is 45.5. The van der Waals surface area contributed by atoms with Crippen LogP contribution < -0.4 is 21.3 Å². The Morgan fingerprint density at radius 2 is 0.948 bits per heavy atom. The van der Waals surface area contributed by atoms with Crippen LogP contribution in [0.2, 0.25) is 30.1 Å². The van der Waals surface area contributed by atoms with E-state index < -0.39 is 23.7 Å². The molecule has 2 heterocycles. The van der Waals surface area contributed by atoms with E-state index in [1.165, 1.54) is 0 Å². The van der Waals surface area contributed by atoms with Gasteiger partial charge in [-0.3, -0.25) is 20.7 Å². The molecule has 4 unspecified atom stereocenters. The number of carboxylic acid groups (broad SMARTS) is 3. The fourth-order valence-corrected chi connectivity index (χ4v) is 9.29. The van der Waals surface area contributed by atoms with Gasteiger partial charge < -0.3 is 20.7 Å². The summed E-state index contributed by atoms with van der Waals surface area (Å²) in [4.78, 5) is 45.0. The first-order valence-electron chi connectivity index (χ1n) is 22.3. The molecule has 6 aromatic carbocycles. The zero-order valence-corrected chi connectivity index (χ0v) is 55.0. The maximum absolute atomic E-state index is 11.6. The Kier molecular flexibility index (Phi) is 32.1. The summed E-state index contributed by atoms with van der Waals surface area (Å²) in [6.07, 6.45) is 3.29. The average molecular weight is 1690 g/mol. The molecule has 0 saturated heterocycles. The SMILES string of the molecule is CC/C(=C\c1cc[c-]cc1)C(=O)C(=O)O.CCC1C(C(=O)O)=NN(c2ccc(Cl)cc2Cl)C1c1cc[c-]cc1.CCC1C(C(=O)O)=NN(c2ccc(Cl)cc2Cl)C1c1cc[c-]cc1.Cl.NNc1ccc(Cl)cc1Cl.[W].[W].[W]. The van der Waals surface area contributed by atoms with Crippen LogP contribution >= 0.6 is 82.0 Å². The molecule has 0 bridgehead atoms. The molecule has 0 saturated carbocycles. The van der Waals surface area contributed by atoms with E-state index in [4.69, 9.17) is 80.6 Å². The average Bonchev–Trinajstić information content (AvgIpc) is 3.97. The van der Waals surface area contributed by atoms with E-state index in [1.807, 2.05) is 62.4 Å². The summed E-state index contributed by atoms with van der Waals surface area (Å²) in [5.41, 5.74) is 7.68. The second kappa shape index (κ2) is 34.8. The van der Waals surface area contributed by atoms with Crippen molar-refractivity contribution in [1.29, 1.82) is 0 Å². The number of nitrogen functional groups attached to an aromatic ring is 1. The molecule has 0 amide bonds. The van der Waals surface area contributed by atoms with Crippen LogP contribution in [0, 0.1) is 30.0 Å². The number of rotatable bonds is 13. The van der Waals surface area contributed by atoms with Crippen LogP contribution in [0.15, 0.2) is 143 Å². The fourth-order valence-electron chi connectivity index (χ4n) is 7.83. The van der Waals surface area contributed by atoms with Crippen LogP contribution in [0.3, 0.4) is 0 Å². The number of ketones is 1. The van der Waals surface area contributed by atoms with Gasteiger partial charge in [-0.2, -0.15) is 101 Å². The number of halogens is 7. The third-order valence-corrected chi connectivity index (χ3v) is 12.9.